The first-order valence-corrected chi connectivity index (χ1v) is 14.8. The number of carbonyl (C=O) groups excluding carboxylic acids is 1. The lowest BCUT2D eigenvalue weighted by Gasteiger charge is -2.40. The van der Waals surface area contributed by atoms with Crippen molar-refractivity contribution in [1.29, 1.82) is 0 Å². The van der Waals surface area contributed by atoms with Gasteiger partial charge in [-0.1, -0.05) is 41.4 Å². The third-order valence-electron chi connectivity index (χ3n) is 9.65. The summed E-state index contributed by atoms with van der Waals surface area (Å²) < 4.78 is 59.8. The van der Waals surface area contributed by atoms with Crippen LogP contribution >= 0.6 is 23.2 Å². The Balaban J connectivity index is 1.42. The fourth-order valence-corrected chi connectivity index (χ4v) is 8.16. The third-order valence-corrected chi connectivity index (χ3v) is 10.2. The lowest BCUT2D eigenvalue weighted by Crippen LogP contribution is -2.53. The molecule has 4 aromatic rings. The zero-order valence-electron chi connectivity index (χ0n) is 22.6. The highest BCUT2D eigenvalue weighted by Crippen LogP contribution is 2.65. The number of hydrogen-bond acceptors (Lipinski definition) is 4. The number of halogens is 6. The van der Waals surface area contributed by atoms with Gasteiger partial charge in [-0.2, -0.15) is 13.2 Å². The summed E-state index contributed by atoms with van der Waals surface area (Å²) in [7, 11) is 0. The molecule has 1 saturated carbocycles. The van der Waals surface area contributed by atoms with Gasteiger partial charge < -0.3 is 15.0 Å². The number of rotatable bonds is 4. The molecule has 3 aromatic carbocycles. The summed E-state index contributed by atoms with van der Waals surface area (Å²) in [5, 5.41) is 12.8. The highest BCUT2D eigenvalue weighted by molar-refractivity contribution is 6.31. The summed E-state index contributed by atoms with van der Waals surface area (Å²) in [5.41, 5.74) is -2.06. The fourth-order valence-electron chi connectivity index (χ4n) is 7.81. The third kappa shape index (κ3) is 3.69. The number of hydrogen-bond donors (Lipinski definition) is 2. The molecule has 3 aliphatic heterocycles. The minimum atomic E-state index is -4.91. The Hall–Kier alpha value is -3.67. The van der Waals surface area contributed by atoms with Crippen LogP contribution in [-0.2, 0) is 23.1 Å². The smallest absolute Gasteiger partial charge is 0.417 e. The van der Waals surface area contributed by atoms with Gasteiger partial charge in [-0.25, -0.2) is 14.2 Å². The second-order valence-corrected chi connectivity index (χ2v) is 12.8. The highest BCUT2D eigenvalue weighted by atomic mass is 35.5. The van der Waals surface area contributed by atoms with Crippen molar-refractivity contribution < 1.29 is 32.3 Å². The molecule has 0 unspecified atom stereocenters. The molecular weight excluding hydrogens is 623 g/mol. The van der Waals surface area contributed by atoms with Gasteiger partial charge in [0.2, 0.25) is 5.91 Å². The lowest BCUT2D eigenvalue weighted by atomic mass is 9.71. The van der Waals surface area contributed by atoms with Gasteiger partial charge in [0.25, 0.3) is 0 Å². The molecular formula is C31H22Cl2F4N4O3. The van der Waals surface area contributed by atoms with Crippen LogP contribution in [0.4, 0.5) is 23.2 Å². The number of nitrogens with one attached hydrogen (secondary N) is 1. The number of fused-ring (bicyclic) bond motifs is 7. The number of carboxylic acids is 1. The Morgan fingerprint density at radius 1 is 1.14 bits per heavy atom. The van der Waals surface area contributed by atoms with Crippen molar-refractivity contribution in [2.24, 2.45) is 5.92 Å². The van der Waals surface area contributed by atoms with Crippen LogP contribution in [-0.4, -0.2) is 44.0 Å². The fraction of sp³-hybridized carbons (Fsp3) is 0.323. The van der Waals surface area contributed by atoms with Crippen molar-refractivity contribution in [3.63, 3.8) is 0 Å². The van der Waals surface area contributed by atoms with E-state index < -0.39 is 52.5 Å². The second-order valence-electron chi connectivity index (χ2n) is 12.0. The number of carboxylic acid groups (broad SMARTS) is 1. The molecule has 1 amide bonds. The van der Waals surface area contributed by atoms with Crippen LogP contribution in [0.25, 0.3) is 11.0 Å². The maximum absolute atomic E-state index is 16.1. The van der Waals surface area contributed by atoms with E-state index in [9.17, 15) is 27.9 Å². The topological polar surface area (TPSA) is 87.5 Å². The van der Waals surface area contributed by atoms with Crippen molar-refractivity contribution in [2.75, 3.05) is 11.9 Å². The van der Waals surface area contributed by atoms with Crippen molar-refractivity contribution in [1.82, 2.24) is 14.5 Å². The summed E-state index contributed by atoms with van der Waals surface area (Å²) in [4.78, 5) is 33.0. The molecule has 44 heavy (non-hydrogen) atoms. The quantitative estimate of drug-likeness (QED) is 0.233. The highest BCUT2D eigenvalue weighted by Gasteiger charge is 2.70. The van der Waals surface area contributed by atoms with Crippen LogP contribution in [0.5, 0.6) is 0 Å². The molecule has 226 valence electrons. The maximum atomic E-state index is 16.1. The first-order valence-electron chi connectivity index (χ1n) is 14.1. The van der Waals surface area contributed by atoms with Gasteiger partial charge in [-0.05, 0) is 54.7 Å². The summed E-state index contributed by atoms with van der Waals surface area (Å²) in [5.74, 6) is -3.66. The van der Waals surface area contributed by atoms with Crippen LogP contribution in [0.3, 0.4) is 0 Å². The maximum Gasteiger partial charge on any atom is 0.417 e. The molecule has 1 aliphatic carbocycles. The molecule has 1 spiro atoms. The van der Waals surface area contributed by atoms with Gasteiger partial charge in [0.05, 0.1) is 27.2 Å². The molecule has 4 heterocycles. The lowest BCUT2D eigenvalue weighted by molar-refractivity contribution is -0.138. The number of anilines is 1. The second kappa shape index (κ2) is 9.18. The van der Waals surface area contributed by atoms with Gasteiger partial charge >= 0.3 is 12.1 Å². The van der Waals surface area contributed by atoms with E-state index in [1.54, 1.807) is 34.9 Å². The van der Waals surface area contributed by atoms with E-state index >= 15 is 4.39 Å². The summed E-state index contributed by atoms with van der Waals surface area (Å²) >= 11 is 12.6. The Bertz CT molecular complexity index is 1940. The van der Waals surface area contributed by atoms with E-state index in [1.807, 2.05) is 0 Å². The molecule has 7 nitrogen and oxygen atoms in total. The van der Waals surface area contributed by atoms with Gasteiger partial charge in [-0.3, -0.25) is 9.69 Å². The number of benzene rings is 3. The number of carbonyl (C=O) groups is 2. The minimum absolute atomic E-state index is 0.0758. The van der Waals surface area contributed by atoms with Crippen LogP contribution in [0.1, 0.15) is 57.6 Å². The number of likely N-dealkylation sites (tertiary alicyclic amines) is 1. The summed E-state index contributed by atoms with van der Waals surface area (Å²) in [6, 6.07) is 11.0. The molecule has 0 bridgehead atoms. The summed E-state index contributed by atoms with van der Waals surface area (Å²) in [6.07, 6.45) is -3.01. The number of aromatic carboxylic acids is 1. The SMILES string of the molecule is O=C(O)c1cc2nc3n(c2cc1C(F)(F)F)C[C@H]1[C@@H]3[C@H](c2cccc(Cl)c2F)[C@]2(C(=O)Nc3cc(Cl)ccc32)N1CC1CC1. The van der Waals surface area contributed by atoms with Gasteiger partial charge in [0.15, 0.2) is 0 Å². The molecule has 2 N–H and O–H groups in total. The number of amides is 1. The van der Waals surface area contributed by atoms with Gasteiger partial charge in [0, 0.05) is 47.2 Å². The molecule has 0 radical (unpaired) electrons. The zero-order chi connectivity index (χ0) is 30.9. The molecule has 8 rings (SSSR count). The van der Waals surface area contributed by atoms with E-state index in [0.717, 1.165) is 25.0 Å². The van der Waals surface area contributed by atoms with E-state index in [-0.39, 0.29) is 34.1 Å². The predicted molar refractivity (Wildman–Crippen MR) is 154 cm³/mol. The normalized spacial score (nSPS) is 25.9. The van der Waals surface area contributed by atoms with E-state index in [2.05, 4.69) is 10.2 Å². The number of aromatic nitrogens is 2. The van der Waals surface area contributed by atoms with Crippen LogP contribution in [0.2, 0.25) is 10.0 Å². The predicted octanol–water partition coefficient (Wildman–Crippen LogP) is 7.02. The molecule has 4 atom stereocenters. The zero-order valence-corrected chi connectivity index (χ0v) is 24.1. The molecule has 1 saturated heterocycles. The van der Waals surface area contributed by atoms with Gasteiger partial charge in [0.1, 0.15) is 17.2 Å². The van der Waals surface area contributed by atoms with E-state index in [0.29, 0.717) is 34.6 Å². The Kier molecular flexibility index (Phi) is 5.81. The van der Waals surface area contributed by atoms with Crippen molar-refractivity contribution in [3.8, 4) is 0 Å². The van der Waals surface area contributed by atoms with Crippen molar-refractivity contribution in [3.05, 3.63) is 92.5 Å². The van der Waals surface area contributed by atoms with Crippen LogP contribution < -0.4 is 5.32 Å². The van der Waals surface area contributed by atoms with E-state index in [1.165, 1.54) is 6.07 Å². The summed E-state index contributed by atoms with van der Waals surface area (Å²) in [6.45, 7) is 0.679. The largest absolute Gasteiger partial charge is 0.478 e. The van der Waals surface area contributed by atoms with Crippen molar-refractivity contribution in [2.45, 2.75) is 49.0 Å². The molecule has 13 heteroatoms. The standard InChI is InChI=1S/C31H22Cl2F4N4O3/c32-14-6-7-17-20(8-14)39-29(44)30(17)25(15-2-1-3-19(33)26(15)34)24-23(41(30)11-13-4-5-13)12-40-22-10-18(31(35,36)37)16(28(42)43)9-21(22)38-27(24)40/h1-3,6-10,13,23-25H,4-5,11-12H2,(H,39,44)(H,42,43)/t23-,24+,25-,30+/m0/s1. The average molecular weight is 645 g/mol. The van der Waals surface area contributed by atoms with E-state index in [4.69, 9.17) is 28.2 Å². The monoisotopic (exact) mass is 644 g/mol. The first-order chi connectivity index (χ1) is 20.9. The number of alkyl halides is 3. The van der Waals surface area contributed by atoms with Crippen LogP contribution in [0, 0.1) is 11.7 Å². The molecule has 4 aliphatic rings. The Labute approximate surface area is 257 Å². The number of imidazole rings is 1. The molecule has 2 fully saturated rings. The van der Waals surface area contributed by atoms with Crippen molar-refractivity contribution >= 4 is 51.8 Å². The Morgan fingerprint density at radius 3 is 2.61 bits per heavy atom. The minimum Gasteiger partial charge on any atom is -0.478 e. The number of nitrogens with zero attached hydrogens (tertiary/aromatic N) is 3. The first kappa shape index (κ1) is 27.8. The van der Waals surface area contributed by atoms with Crippen LogP contribution in [0.15, 0.2) is 48.5 Å². The Morgan fingerprint density at radius 2 is 1.91 bits per heavy atom. The van der Waals surface area contributed by atoms with Gasteiger partial charge in [-0.15, -0.1) is 0 Å². The average Bonchev–Trinajstić information content (AvgIpc) is 3.41. The molecule has 1 aromatic heterocycles.